The molecule has 64 valence electrons. The Morgan fingerprint density at radius 3 is 2.85 bits per heavy atom. The van der Waals surface area contributed by atoms with Gasteiger partial charge in [-0.15, -0.1) is 0 Å². The van der Waals surface area contributed by atoms with E-state index in [1.54, 1.807) is 0 Å². The molecule has 13 heavy (non-hydrogen) atoms. The van der Waals surface area contributed by atoms with E-state index in [1.807, 2.05) is 18.2 Å². The first-order chi connectivity index (χ1) is 6.31. The maximum atomic E-state index is 4.52. The van der Waals surface area contributed by atoms with Gasteiger partial charge in [-0.25, -0.2) is 0 Å². The zero-order valence-corrected chi connectivity index (χ0v) is 9.01. The molecular weight excluding hydrogens is 225 g/mol. The Labute approximate surface area is 86.7 Å². The quantitative estimate of drug-likeness (QED) is 0.688. The van der Waals surface area contributed by atoms with Crippen LogP contribution in [0.1, 0.15) is 5.69 Å². The summed E-state index contributed by atoms with van der Waals surface area (Å²) < 4.78 is 1.11. The van der Waals surface area contributed by atoms with E-state index in [-0.39, 0.29) is 0 Å². The molecular formula is C10H9BBrN. The second-order valence-electron chi connectivity index (χ2n) is 2.96. The van der Waals surface area contributed by atoms with E-state index in [0.717, 1.165) is 22.0 Å². The average Bonchev–Trinajstić information content (AvgIpc) is 2.18. The van der Waals surface area contributed by atoms with Crippen molar-refractivity contribution in [1.82, 2.24) is 4.98 Å². The molecule has 0 aliphatic carbocycles. The fourth-order valence-electron chi connectivity index (χ4n) is 1.36. The van der Waals surface area contributed by atoms with Gasteiger partial charge in [0.05, 0.1) is 5.52 Å². The largest absolute Gasteiger partial charge is 0.254 e. The molecule has 0 aliphatic heterocycles. The van der Waals surface area contributed by atoms with Gasteiger partial charge in [-0.2, -0.15) is 0 Å². The number of pyridine rings is 1. The molecule has 0 aliphatic rings. The van der Waals surface area contributed by atoms with Gasteiger partial charge in [-0.1, -0.05) is 22.0 Å². The first-order valence-corrected chi connectivity index (χ1v) is 5.14. The molecule has 0 atom stereocenters. The van der Waals surface area contributed by atoms with Crippen LogP contribution in [0.5, 0.6) is 0 Å². The molecule has 0 saturated heterocycles. The van der Waals surface area contributed by atoms with Crippen molar-refractivity contribution in [1.29, 1.82) is 0 Å². The highest BCUT2D eigenvalue weighted by Gasteiger charge is 1.99. The second kappa shape index (κ2) is 3.50. The average molecular weight is 234 g/mol. The summed E-state index contributed by atoms with van der Waals surface area (Å²) in [6.45, 7) is 0. The zero-order chi connectivity index (χ0) is 9.26. The van der Waals surface area contributed by atoms with Gasteiger partial charge in [-0.3, -0.25) is 4.98 Å². The third-order valence-corrected chi connectivity index (χ3v) is 2.79. The number of hydrogen-bond donors (Lipinski definition) is 0. The number of hydrogen-bond acceptors (Lipinski definition) is 1. The van der Waals surface area contributed by atoms with Crippen molar-refractivity contribution in [3.05, 3.63) is 40.5 Å². The minimum absolute atomic E-state index is 0.989. The smallest absolute Gasteiger partial charge is 0.109 e. The van der Waals surface area contributed by atoms with Crippen LogP contribution in [0.25, 0.3) is 10.9 Å². The maximum Gasteiger partial charge on any atom is 0.109 e. The fourth-order valence-corrected chi connectivity index (χ4v) is 1.84. The second-order valence-corrected chi connectivity index (χ2v) is 3.82. The molecule has 0 saturated carbocycles. The van der Waals surface area contributed by atoms with Crippen LogP contribution in [0.3, 0.4) is 0 Å². The van der Waals surface area contributed by atoms with Crippen LogP contribution < -0.4 is 0 Å². The van der Waals surface area contributed by atoms with Crippen LogP contribution in [0.15, 0.2) is 34.8 Å². The van der Waals surface area contributed by atoms with Crippen LogP contribution in [0, 0.1) is 0 Å². The third kappa shape index (κ3) is 1.61. The summed E-state index contributed by atoms with van der Waals surface area (Å²) >= 11 is 3.50. The lowest BCUT2D eigenvalue weighted by molar-refractivity contribution is 1.21. The van der Waals surface area contributed by atoms with Crippen LogP contribution in [0.4, 0.5) is 0 Å². The summed E-state index contributed by atoms with van der Waals surface area (Å²) in [6, 6.07) is 10.3. The van der Waals surface area contributed by atoms with Gasteiger partial charge >= 0.3 is 0 Å². The summed E-state index contributed by atoms with van der Waals surface area (Å²) in [7, 11) is 2.12. The highest BCUT2D eigenvalue weighted by Crippen LogP contribution is 2.22. The standard InChI is InChI=1S/C10H9BBrN/c11-6-7-4-5-8-9(12)2-1-3-10(8)13-7/h1-5H,6,11H2. The predicted molar refractivity (Wildman–Crippen MR) is 61.7 cm³/mol. The molecule has 0 bridgehead atoms. The van der Waals surface area contributed by atoms with Crippen molar-refractivity contribution >= 4 is 34.7 Å². The fraction of sp³-hybridized carbons (Fsp3) is 0.100. The van der Waals surface area contributed by atoms with Gasteiger partial charge in [-0.05, 0) is 30.6 Å². The number of benzene rings is 1. The minimum Gasteiger partial charge on any atom is -0.254 e. The number of nitrogens with zero attached hydrogens (tertiary/aromatic N) is 1. The van der Waals surface area contributed by atoms with Crippen LogP contribution in [-0.4, -0.2) is 12.8 Å². The molecule has 1 heterocycles. The number of rotatable bonds is 1. The first kappa shape index (κ1) is 8.76. The molecule has 1 aromatic heterocycles. The van der Waals surface area contributed by atoms with E-state index >= 15 is 0 Å². The SMILES string of the molecule is BCc1ccc2c(Br)cccc2n1. The Kier molecular flexibility index (Phi) is 2.36. The lowest BCUT2D eigenvalue weighted by atomic mass is 10.0. The first-order valence-electron chi connectivity index (χ1n) is 4.35. The maximum absolute atomic E-state index is 4.52. The Morgan fingerprint density at radius 1 is 1.23 bits per heavy atom. The lowest BCUT2D eigenvalue weighted by Crippen LogP contribution is -1.89. The molecule has 0 fully saturated rings. The monoisotopic (exact) mass is 233 g/mol. The molecule has 0 unspecified atom stereocenters. The number of fused-ring (bicyclic) bond motifs is 1. The Bertz CT molecular complexity index is 442. The zero-order valence-electron chi connectivity index (χ0n) is 7.42. The van der Waals surface area contributed by atoms with E-state index in [4.69, 9.17) is 0 Å². The lowest BCUT2D eigenvalue weighted by Gasteiger charge is -2.01. The molecule has 0 spiro atoms. The van der Waals surface area contributed by atoms with E-state index in [9.17, 15) is 0 Å². The van der Waals surface area contributed by atoms with Crippen molar-refractivity contribution in [2.45, 2.75) is 6.32 Å². The van der Waals surface area contributed by atoms with Gasteiger partial charge in [0.1, 0.15) is 7.85 Å². The van der Waals surface area contributed by atoms with Crippen molar-refractivity contribution in [3.8, 4) is 0 Å². The van der Waals surface area contributed by atoms with Gasteiger partial charge in [0.25, 0.3) is 0 Å². The van der Waals surface area contributed by atoms with E-state index in [2.05, 4.69) is 40.9 Å². The predicted octanol–water partition coefficient (Wildman–Crippen LogP) is 2.13. The molecule has 0 radical (unpaired) electrons. The summed E-state index contributed by atoms with van der Waals surface area (Å²) in [5, 5.41) is 1.18. The molecule has 2 aromatic rings. The normalized spacial score (nSPS) is 10.5. The molecule has 0 amide bonds. The van der Waals surface area contributed by atoms with Gasteiger partial charge in [0.2, 0.25) is 0 Å². The van der Waals surface area contributed by atoms with Crippen molar-refractivity contribution in [2.24, 2.45) is 0 Å². The van der Waals surface area contributed by atoms with Crippen LogP contribution in [0.2, 0.25) is 0 Å². The summed E-state index contributed by atoms with van der Waals surface area (Å²) in [5.41, 5.74) is 2.21. The van der Waals surface area contributed by atoms with E-state index in [0.29, 0.717) is 0 Å². The third-order valence-electron chi connectivity index (χ3n) is 2.10. The number of aromatic nitrogens is 1. The minimum atomic E-state index is 0.989. The highest BCUT2D eigenvalue weighted by molar-refractivity contribution is 9.10. The number of halogens is 1. The van der Waals surface area contributed by atoms with E-state index < -0.39 is 0 Å². The van der Waals surface area contributed by atoms with E-state index in [1.165, 1.54) is 5.39 Å². The van der Waals surface area contributed by atoms with Crippen LogP contribution in [-0.2, 0) is 6.32 Å². The Morgan fingerprint density at radius 2 is 2.08 bits per heavy atom. The molecule has 3 heteroatoms. The summed E-state index contributed by atoms with van der Waals surface area (Å²) in [5.74, 6) is 0. The van der Waals surface area contributed by atoms with Crippen molar-refractivity contribution in [3.63, 3.8) is 0 Å². The van der Waals surface area contributed by atoms with Gasteiger partial charge in [0, 0.05) is 15.6 Å². The summed E-state index contributed by atoms with van der Waals surface area (Å²) in [6.07, 6.45) is 0.989. The Hall–Kier alpha value is -0.825. The van der Waals surface area contributed by atoms with Crippen molar-refractivity contribution in [2.75, 3.05) is 0 Å². The molecule has 1 nitrogen and oxygen atoms in total. The van der Waals surface area contributed by atoms with Crippen LogP contribution >= 0.6 is 15.9 Å². The molecule has 0 N–H and O–H groups in total. The summed E-state index contributed by atoms with van der Waals surface area (Å²) in [4.78, 5) is 4.52. The van der Waals surface area contributed by atoms with Gasteiger partial charge in [0.15, 0.2) is 0 Å². The van der Waals surface area contributed by atoms with Crippen molar-refractivity contribution < 1.29 is 0 Å². The molecule has 2 rings (SSSR count). The molecule has 1 aromatic carbocycles. The van der Waals surface area contributed by atoms with Gasteiger partial charge < -0.3 is 0 Å². The topological polar surface area (TPSA) is 12.9 Å². The Balaban J connectivity index is 2.72. The highest BCUT2D eigenvalue weighted by atomic mass is 79.9.